The molecule has 148 valence electrons. The molecule has 3 aromatic heterocycles. The fourth-order valence-electron chi connectivity index (χ4n) is 3.23. The minimum Gasteiger partial charge on any atom is -0.262 e. The molecule has 0 unspecified atom stereocenters. The first-order chi connectivity index (χ1) is 14.6. The third-order valence-electron chi connectivity index (χ3n) is 4.67. The van der Waals surface area contributed by atoms with E-state index in [1.807, 2.05) is 56.4 Å². The first-order valence-corrected chi connectivity index (χ1v) is 9.71. The second-order valence-corrected chi connectivity index (χ2v) is 7.17. The Morgan fingerprint density at radius 1 is 0.867 bits per heavy atom. The summed E-state index contributed by atoms with van der Waals surface area (Å²) in [5.41, 5.74) is 7.25. The predicted molar refractivity (Wildman–Crippen MR) is 118 cm³/mol. The van der Waals surface area contributed by atoms with Crippen LogP contribution >= 0.6 is 0 Å². The number of aromatic nitrogens is 3. The van der Waals surface area contributed by atoms with E-state index < -0.39 is 0 Å². The summed E-state index contributed by atoms with van der Waals surface area (Å²) in [5, 5.41) is 0. The van der Waals surface area contributed by atoms with Crippen molar-refractivity contribution >= 4 is 11.4 Å². The van der Waals surface area contributed by atoms with Crippen molar-refractivity contribution in [3.63, 3.8) is 0 Å². The Hall–Kier alpha value is -3.73. The van der Waals surface area contributed by atoms with Crippen molar-refractivity contribution in [1.29, 1.82) is 0 Å². The molecule has 0 bridgehead atoms. The molecule has 0 saturated heterocycles. The first-order valence-electron chi connectivity index (χ1n) is 9.71. The molecular formula is C25H21FN4. The van der Waals surface area contributed by atoms with Crippen molar-refractivity contribution in [3.8, 4) is 22.5 Å². The van der Waals surface area contributed by atoms with Gasteiger partial charge in [0.25, 0.3) is 0 Å². The summed E-state index contributed by atoms with van der Waals surface area (Å²) in [7, 11) is 0. The summed E-state index contributed by atoms with van der Waals surface area (Å²) in [6.07, 6.45) is 6.09. The summed E-state index contributed by atoms with van der Waals surface area (Å²) in [5.74, 6) is -0.272. The Balaban J connectivity index is 1.45. The van der Waals surface area contributed by atoms with Gasteiger partial charge in [0.05, 0.1) is 23.3 Å². The van der Waals surface area contributed by atoms with Gasteiger partial charge >= 0.3 is 0 Å². The summed E-state index contributed by atoms with van der Waals surface area (Å²) >= 11 is 0. The lowest BCUT2D eigenvalue weighted by molar-refractivity contribution is 0.628. The number of halogens is 1. The molecule has 0 aliphatic rings. The van der Waals surface area contributed by atoms with Crippen LogP contribution in [0.2, 0.25) is 0 Å². The van der Waals surface area contributed by atoms with Crippen molar-refractivity contribution in [3.05, 3.63) is 96.3 Å². The van der Waals surface area contributed by atoms with Crippen molar-refractivity contribution < 1.29 is 4.39 Å². The van der Waals surface area contributed by atoms with Crippen LogP contribution in [0.3, 0.4) is 0 Å². The molecule has 30 heavy (non-hydrogen) atoms. The Morgan fingerprint density at radius 3 is 2.30 bits per heavy atom. The van der Waals surface area contributed by atoms with Crippen LogP contribution in [0.5, 0.6) is 0 Å². The zero-order valence-corrected chi connectivity index (χ0v) is 16.9. The van der Waals surface area contributed by atoms with Gasteiger partial charge in [-0.15, -0.1) is 0 Å². The molecule has 4 aromatic rings. The molecule has 0 radical (unpaired) electrons. The molecule has 4 nitrogen and oxygen atoms in total. The first kappa shape index (κ1) is 19.6. The minimum atomic E-state index is -0.272. The van der Waals surface area contributed by atoms with Gasteiger partial charge in [-0.05, 0) is 61.9 Å². The topological polar surface area (TPSA) is 51.0 Å². The molecule has 0 amide bonds. The van der Waals surface area contributed by atoms with Crippen molar-refractivity contribution in [2.45, 2.75) is 20.3 Å². The number of benzene rings is 1. The second-order valence-electron chi connectivity index (χ2n) is 7.17. The van der Waals surface area contributed by atoms with E-state index >= 15 is 0 Å². The van der Waals surface area contributed by atoms with Gasteiger partial charge in [0.2, 0.25) is 0 Å². The molecule has 4 rings (SSSR count). The molecule has 0 fully saturated rings. The largest absolute Gasteiger partial charge is 0.262 e. The zero-order chi connectivity index (χ0) is 20.9. The van der Waals surface area contributed by atoms with Crippen LogP contribution < -0.4 is 0 Å². The maximum atomic E-state index is 13.4. The summed E-state index contributed by atoms with van der Waals surface area (Å²) < 4.78 is 13.4. The lowest BCUT2D eigenvalue weighted by Gasteiger charge is -2.05. The zero-order valence-electron chi connectivity index (χ0n) is 16.9. The lowest BCUT2D eigenvalue weighted by Crippen LogP contribution is -1.98. The van der Waals surface area contributed by atoms with E-state index in [0.717, 1.165) is 45.2 Å². The molecule has 0 saturated carbocycles. The van der Waals surface area contributed by atoms with Gasteiger partial charge in [-0.25, -0.2) is 4.39 Å². The van der Waals surface area contributed by atoms with Crippen LogP contribution in [0.4, 0.5) is 10.1 Å². The van der Waals surface area contributed by atoms with Gasteiger partial charge in [0, 0.05) is 41.3 Å². The van der Waals surface area contributed by atoms with E-state index in [1.54, 1.807) is 18.5 Å². The number of nitrogens with zero attached hydrogens (tertiary/aromatic N) is 4. The van der Waals surface area contributed by atoms with E-state index in [-0.39, 0.29) is 5.82 Å². The number of pyridine rings is 3. The number of hydrogen-bond acceptors (Lipinski definition) is 4. The minimum absolute atomic E-state index is 0.272. The van der Waals surface area contributed by atoms with Gasteiger partial charge in [-0.3, -0.25) is 19.9 Å². The highest BCUT2D eigenvalue weighted by Crippen LogP contribution is 2.21. The van der Waals surface area contributed by atoms with Crippen LogP contribution in [-0.2, 0) is 6.42 Å². The highest BCUT2D eigenvalue weighted by atomic mass is 19.1. The Bertz CT molecular complexity index is 1180. The molecule has 0 spiro atoms. The van der Waals surface area contributed by atoms with Gasteiger partial charge in [-0.2, -0.15) is 0 Å². The standard InChI is InChI=1S/C25H21FN4/c1-17-13-21(10-11-27-17)24-8-6-19(15-28-24)12-18(2)30-23-7-9-25(29-16-23)20-4-3-5-22(26)14-20/h3-11,13-16H,12H2,1-2H3. The smallest absolute Gasteiger partial charge is 0.123 e. The molecule has 3 heterocycles. The third-order valence-corrected chi connectivity index (χ3v) is 4.67. The van der Waals surface area contributed by atoms with Crippen LogP contribution in [0.25, 0.3) is 22.5 Å². The predicted octanol–water partition coefficient (Wildman–Crippen LogP) is 5.99. The molecule has 0 atom stereocenters. The molecule has 1 aromatic carbocycles. The number of rotatable bonds is 5. The SMILES string of the molecule is CC(Cc1ccc(-c2ccnc(C)c2)nc1)=Nc1ccc(-c2cccc(F)c2)nc1. The van der Waals surface area contributed by atoms with Crippen LogP contribution in [0.1, 0.15) is 18.2 Å². The van der Waals surface area contributed by atoms with E-state index in [2.05, 4.69) is 26.0 Å². The normalized spacial score (nSPS) is 11.5. The third kappa shape index (κ3) is 4.81. The van der Waals surface area contributed by atoms with E-state index in [4.69, 9.17) is 0 Å². The summed E-state index contributed by atoms with van der Waals surface area (Å²) in [6.45, 7) is 3.96. The number of aliphatic imine (C=N–C) groups is 1. The highest BCUT2D eigenvalue weighted by Gasteiger charge is 2.04. The van der Waals surface area contributed by atoms with Crippen LogP contribution in [0.15, 0.2) is 84.2 Å². The fraction of sp³-hybridized carbons (Fsp3) is 0.120. The molecule has 0 N–H and O–H groups in total. The number of aryl methyl sites for hydroxylation is 1. The summed E-state index contributed by atoms with van der Waals surface area (Å²) in [4.78, 5) is 17.9. The molecule has 5 heteroatoms. The Kier molecular flexibility index (Phi) is 5.70. The van der Waals surface area contributed by atoms with E-state index in [1.165, 1.54) is 12.1 Å². The monoisotopic (exact) mass is 396 g/mol. The molecule has 0 aliphatic heterocycles. The summed E-state index contributed by atoms with van der Waals surface area (Å²) in [6, 6.07) is 18.2. The van der Waals surface area contributed by atoms with Gasteiger partial charge < -0.3 is 0 Å². The molecular weight excluding hydrogens is 375 g/mol. The van der Waals surface area contributed by atoms with Gasteiger partial charge in [-0.1, -0.05) is 18.2 Å². The maximum absolute atomic E-state index is 13.4. The van der Waals surface area contributed by atoms with E-state index in [0.29, 0.717) is 6.42 Å². The Morgan fingerprint density at radius 2 is 1.63 bits per heavy atom. The van der Waals surface area contributed by atoms with E-state index in [9.17, 15) is 4.39 Å². The van der Waals surface area contributed by atoms with Crippen molar-refractivity contribution in [1.82, 2.24) is 15.0 Å². The second kappa shape index (κ2) is 8.74. The quantitative estimate of drug-likeness (QED) is 0.390. The van der Waals surface area contributed by atoms with Crippen molar-refractivity contribution in [2.24, 2.45) is 4.99 Å². The average molecular weight is 396 g/mol. The van der Waals surface area contributed by atoms with Gasteiger partial charge in [0.15, 0.2) is 0 Å². The maximum Gasteiger partial charge on any atom is 0.123 e. The molecule has 0 aliphatic carbocycles. The lowest BCUT2D eigenvalue weighted by atomic mass is 10.1. The Labute approximate surface area is 175 Å². The highest BCUT2D eigenvalue weighted by molar-refractivity contribution is 5.86. The van der Waals surface area contributed by atoms with Crippen LogP contribution in [-0.4, -0.2) is 20.7 Å². The van der Waals surface area contributed by atoms with Crippen molar-refractivity contribution in [2.75, 3.05) is 0 Å². The fourth-order valence-corrected chi connectivity index (χ4v) is 3.23. The number of hydrogen-bond donors (Lipinski definition) is 0. The van der Waals surface area contributed by atoms with Crippen LogP contribution in [0, 0.1) is 12.7 Å². The van der Waals surface area contributed by atoms with Gasteiger partial charge in [0.1, 0.15) is 5.82 Å². The average Bonchev–Trinajstić information content (AvgIpc) is 2.75.